The van der Waals surface area contributed by atoms with Crippen LogP contribution in [0.1, 0.15) is 12.8 Å². The minimum Gasteiger partial charge on any atom is -0.285 e. The average Bonchev–Trinajstić information content (AvgIpc) is 1.81. The molecule has 0 bridgehead atoms. The van der Waals surface area contributed by atoms with Gasteiger partial charge in [-0.05, 0) is 6.42 Å². The van der Waals surface area contributed by atoms with Gasteiger partial charge in [-0.25, -0.2) is 0 Å². The van der Waals surface area contributed by atoms with Gasteiger partial charge in [-0.1, -0.05) is 0 Å². The molecule has 0 spiro atoms. The molecule has 0 heterocycles. The van der Waals surface area contributed by atoms with Gasteiger partial charge in [0.1, 0.15) is 0 Å². The highest BCUT2D eigenvalue weighted by molar-refractivity contribution is 7.87. The van der Waals surface area contributed by atoms with Crippen LogP contribution in [-0.4, -0.2) is 30.3 Å². The summed E-state index contributed by atoms with van der Waals surface area (Å²) in [5.41, 5.74) is 0. The van der Waals surface area contributed by atoms with E-state index < -0.39 is 40.3 Å². The van der Waals surface area contributed by atoms with E-state index in [1.165, 1.54) is 0 Å². The van der Waals surface area contributed by atoms with E-state index in [-0.39, 0.29) is 0 Å². The summed E-state index contributed by atoms with van der Waals surface area (Å²) in [6, 6.07) is -4.20. The summed E-state index contributed by atoms with van der Waals surface area (Å²) < 4.78 is 52.2. The molecule has 0 aliphatic heterocycles. The molecule has 1 unspecified atom stereocenters. The zero-order valence-electron chi connectivity index (χ0n) is 6.24. The quantitative estimate of drug-likeness (QED) is 0.516. The molecule has 13 heavy (non-hydrogen) atoms. The molecule has 5 nitrogen and oxygen atoms in total. The summed E-state index contributed by atoms with van der Waals surface area (Å²) >= 11 is 0. The Labute approximate surface area is 72.5 Å². The van der Waals surface area contributed by atoms with Crippen molar-refractivity contribution in [1.29, 1.82) is 0 Å². The molecular formula is C5H6F2O5S. The number of hydrogen-bond donors (Lipinski definition) is 1. The van der Waals surface area contributed by atoms with Gasteiger partial charge < -0.3 is 0 Å². The first-order valence-corrected chi connectivity index (χ1v) is 4.59. The zero-order chi connectivity index (χ0) is 10.6. The van der Waals surface area contributed by atoms with Gasteiger partial charge in [-0.15, -0.1) is 0 Å². The molecule has 1 atom stereocenters. The van der Waals surface area contributed by atoms with Gasteiger partial charge in [-0.3, -0.25) is 14.1 Å². The van der Waals surface area contributed by atoms with E-state index in [2.05, 4.69) is 0 Å². The summed E-state index contributed by atoms with van der Waals surface area (Å²) in [7, 11) is -4.90. The third kappa shape index (κ3) is 4.63. The maximum absolute atomic E-state index is 11.9. The smallest absolute Gasteiger partial charge is 0.285 e. The molecule has 0 aliphatic rings. The Morgan fingerprint density at radius 1 is 1.31 bits per heavy atom. The Bertz CT molecular complexity index is 309. The second kappa shape index (κ2) is 4.38. The fraction of sp³-hybridized carbons (Fsp3) is 0.600. The Balaban J connectivity index is 4.47. The lowest BCUT2D eigenvalue weighted by Crippen LogP contribution is -2.27. The highest BCUT2D eigenvalue weighted by atomic mass is 32.2. The van der Waals surface area contributed by atoms with Crippen LogP contribution in [0.3, 0.4) is 0 Å². The summed E-state index contributed by atoms with van der Waals surface area (Å²) in [5, 5.41) is -2.37. The predicted octanol–water partition coefficient (Wildman–Crippen LogP) is 0.0152. The summed E-state index contributed by atoms with van der Waals surface area (Å²) in [6.07, 6.45) is -1.83. The fourth-order valence-electron chi connectivity index (χ4n) is 0.624. The number of carbonyl (C=O) groups excluding carboxylic acids is 2. The molecule has 0 aromatic carbocycles. The highest BCUT2D eigenvalue weighted by Gasteiger charge is 2.31. The lowest BCUT2D eigenvalue weighted by molar-refractivity contribution is -0.130. The average molecular weight is 216 g/mol. The third-order valence-electron chi connectivity index (χ3n) is 1.22. The van der Waals surface area contributed by atoms with Crippen molar-refractivity contribution in [1.82, 2.24) is 0 Å². The molecule has 0 rings (SSSR count). The van der Waals surface area contributed by atoms with Crippen molar-refractivity contribution in [3.05, 3.63) is 0 Å². The van der Waals surface area contributed by atoms with Crippen molar-refractivity contribution in [3.63, 3.8) is 0 Å². The highest BCUT2D eigenvalue weighted by Crippen LogP contribution is 2.10. The van der Waals surface area contributed by atoms with E-state index in [1.807, 2.05) is 0 Å². The zero-order valence-corrected chi connectivity index (χ0v) is 7.05. The SMILES string of the molecule is O=C(F)CCC(C(=O)F)S(=O)(=O)O. The topological polar surface area (TPSA) is 88.5 Å². The number of carbonyl (C=O) groups is 2. The lowest BCUT2D eigenvalue weighted by atomic mass is 10.2. The molecule has 0 saturated carbocycles. The molecule has 0 aromatic rings. The number of hydrogen-bond acceptors (Lipinski definition) is 4. The van der Waals surface area contributed by atoms with Crippen LogP contribution in [-0.2, 0) is 19.7 Å². The molecule has 0 amide bonds. The van der Waals surface area contributed by atoms with Gasteiger partial charge in [0, 0.05) is 6.42 Å². The van der Waals surface area contributed by atoms with E-state index in [9.17, 15) is 26.8 Å². The molecule has 0 aliphatic carbocycles. The minimum absolute atomic E-state index is 0.899. The second-order valence-electron chi connectivity index (χ2n) is 2.20. The summed E-state index contributed by atoms with van der Waals surface area (Å²) in [5.74, 6) is 0. The minimum atomic E-state index is -4.90. The van der Waals surface area contributed by atoms with Crippen molar-refractivity contribution in [2.24, 2.45) is 0 Å². The van der Waals surface area contributed by atoms with Gasteiger partial charge in [0.25, 0.3) is 10.1 Å². The van der Waals surface area contributed by atoms with Crippen molar-refractivity contribution >= 4 is 22.2 Å². The normalized spacial score (nSPS) is 13.8. The van der Waals surface area contributed by atoms with Crippen molar-refractivity contribution in [2.45, 2.75) is 18.1 Å². The maximum Gasteiger partial charge on any atom is 0.322 e. The van der Waals surface area contributed by atoms with Crippen LogP contribution in [0.25, 0.3) is 0 Å². The van der Waals surface area contributed by atoms with Gasteiger partial charge in [-0.2, -0.15) is 17.2 Å². The molecule has 0 fully saturated rings. The monoisotopic (exact) mass is 216 g/mol. The number of halogens is 2. The molecule has 0 saturated heterocycles. The molecule has 8 heteroatoms. The van der Waals surface area contributed by atoms with Crippen LogP contribution < -0.4 is 0 Å². The maximum atomic E-state index is 11.9. The first kappa shape index (κ1) is 12.1. The molecule has 76 valence electrons. The molecule has 0 radical (unpaired) electrons. The Morgan fingerprint density at radius 3 is 2.00 bits per heavy atom. The predicted molar refractivity (Wildman–Crippen MR) is 36.8 cm³/mol. The van der Waals surface area contributed by atoms with Gasteiger partial charge >= 0.3 is 12.1 Å². The Hall–Kier alpha value is -0.890. The van der Waals surface area contributed by atoms with Crippen LogP contribution in [0.15, 0.2) is 0 Å². The van der Waals surface area contributed by atoms with Crippen molar-refractivity contribution in [3.8, 4) is 0 Å². The lowest BCUT2D eigenvalue weighted by Gasteiger charge is -2.04. The van der Waals surface area contributed by atoms with Crippen molar-refractivity contribution < 1.29 is 31.3 Å². The van der Waals surface area contributed by atoms with Crippen molar-refractivity contribution in [2.75, 3.05) is 0 Å². The van der Waals surface area contributed by atoms with Gasteiger partial charge in [0.15, 0.2) is 5.25 Å². The van der Waals surface area contributed by atoms with Crippen LogP contribution in [0.4, 0.5) is 8.78 Å². The van der Waals surface area contributed by atoms with Crippen LogP contribution >= 0.6 is 0 Å². The van der Waals surface area contributed by atoms with Crippen LogP contribution in [0.5, 0.6) is 0 Å². The summed E-state index contributed by atoms with van der Waals surface area (Å²) in [6.45, 7) is 0. The third-order valence-corrected chi connectivity index (χ3v) is 2.36. The molecule has 0 aromatic heterocycles. The Morgan fingerprint density at radius 2 is 1.77 bits per heavy atom. The Kier molecular flexibility index (Phi) is 4.08. The van der Waals surface area contributed by atoms with Crippen LogP contribution in [0.2, 0.25) is 0 Å². The largest absolute Gasteiger partial charge is 0.322 e. The summed E-state index contributed by atoms with van der Waals surface area (Å²) in [4.78, 5) is 19.7. The standard InChI is InChI=1S/C5H6F2O5S/c6-4(8)2-1-3(5(7)9)13(10,11)12/h3H,1-2H2,(H,10,11,12). The van der Waals surface area contributed by atoms with Gasteiger partial charge in [0.05, 0.1) is 0 Å². The van der Waals surface area contributed by atoms with E-state index >= 15 is 0 Å². The second-order valence-corrected chi connectivity index (χ2v) is 3.80. The first-order valence-electron chi connectivity index (χ1n) is 3.09. The van der Waals surface area contributed by atoms with Crippen LogP contribution in [0, 0.1) is 0 Å². The number of rotatable bonds is 5. The van der Waals surface area contributed by atoms with E-state index in [0.29, 0.717) is 0 Å². The molecular weight excluding hydrogens is 210 g/mol. The van der Waals surface area contributed by atoms with E-state index in [1.54, 1.807) is 0 Å². The van der Waals surface area contributed by atoms with E-state index in [4.69, 9.17) is 4.55 Å². The fourth-order valence-corrected chi connectivity index (χ4v) is 1.27. The van der Waals surface area contributed by atoms with Gasteiger partial charge in [0.2, 0.25) is 0 Å². The molecule has 1 N–H and O–H groups in total. The first-order chi connectivity index (χ1) is 5.75. The van der Waals surface area contributed by atoms with E-state index in [0.717, 1.165) is 0 Å².